The van der Waals surface area contributed by atoms with Gasteiger partial charge in [0.05, 0.1) is 24.4 Å². The van der Waals surface area contributed by atoms with Crippen LogP contribution >= 0.6 is 0 Å². The predicted molar refractivity (Wildman–Crippen MR) is 97.5 cm³/mol. The van der Waals surface area contributed by atoms with Crippen molar-refractivity contribution in [2.24, 2.45) is 17.8 Å². The maximum atomic E-state index is 13.1. The van der Waals surface area contributed by atoms with E-state index in [4.69, 9.17) is 4.84 Å². The first-order chi connectivity index (χ1) is 13.2. The molecule has 2 fully saturated rings. The highest BCUT2D eigenvalue weighted by Gasteiger charge is 2.49. The summed E-state index contributed by atoms with van der Waals surface area (Å²) in [6, 6.07) is 11.6. The Labute approximate surface area is 159 Å². The van der Waals surface area contributed by atoms with Crippen LogP contribution in [-0.2, 0) is 21.0 Å². The van der Waals surface area contributed by atoms with Crippen LogP contribution in [0.3, 0.4) is 0 Å². The van der Waals surface area contributed by atoms with Gasteiger partial charge in [0.25, 0.3) is 5.91 Å². The highest BCUT2D eigenvalue weighted by Crippen LogP contribution is 2.39. The molecule has 2 aliphatic heterocycles. The molecule has 6 heteroatoms. The van der Waals surface area contributed by atoms with E-state index in [1.807, 2.05) is 42.5 Å². The van der Waals surface area contributed by atoms with Gasteiger partial charge in [0.2, 0.25) is 5.91 Å². The molecule has 1 aromatic rings. The van der Waals surface area contributed by atoms with Gasteiger partial charge < -0.3 is 4.90 Å². The highest BCUT2D eigenvalue weighted by molar-refractivity contribution is 5.90. The molecule has 0 saturated carbocycles. The lowest BCUT2D eigenvalue weighted by Gasteiger charge is -2.31. The molecular weight excluding hydrogens is 342 g/mol. The number of amides is 2. The van der Waals surface area contributed by atoms with Crippen LogP contribution in [0, 0.1) is 29.1 Å². The van der Waals surface area contributed by atoms with E-state index in [0.717, 1.165) is 18.4 Å². The Balaban J connectivity index is 1.46. The lowest BCUT2D eigenvalue weighted by molar-refractivity contribution is -0.185. The second-order valence-corrected chi connectivity index (χ2v) is 7.44. The number of hydrogen-bond donors (Lipinski definition) is 0. The molecule has 2 saturated heterocycles. The van der Waals surface area contributed by atoms with Crippen LogP contribution in [0.25, 0.3) is 0 Å². The lowest BCUT2D eigenvalue weighted by Crippen LogP contribution is -2.44. The van der Waals surface area contributed by atoms with Gasteiger partial charge >= 0.3 is 0 Å². The van der Waals surface area contributed by atoms with Crippen molar-refractivity contribution in [1.82, 2.24) is 9.96 Å². The summed E-state index contributed by atoms with van der Waals surface area (Å²) in [5.74, 6) is -0.980. The topological polar surface area (TPSA) is 73.6 Å². The first kappa shape index (κ1) is 17.7. The minimum absolute atomic E-state index is 0.0147. The number of nitriles is 1. The molecular formula is C21H23N3O3. The van der Waals surface area contributed by atoms with Crippen molar-refractivity contribution in [2.45, 2.75) is 31.9 Å². The van der Waals surface area contributed by atoms with Crippen molar-refractivity contribution in [2.75, 3.05) is 13.1 Å². The van der Waals surface area contributed by atoms with Crippen LogP contribution in [0.4, 0.5) is 0 Å². The Bertz CT molecular complexity index is 786. The molecule has 0 radical (unpaired) electrons. The van der Waals surface area contributed by atoms with E-state index in [0.29, 0.717) is 26.1 Å². The van der Waals surface area contributed by atoms with Gasteiger partial charge in [-0.1, -0.05) is 42.5 Å². The fourth-order valence-electron chi connectivity index (χ4n) is 4.42. The largest absolute Gasteiger partial charge is 0.326 e. The molecule has 0 bridgehead atoms. The van der Waals surface area contributed by atoms with Gasteiger partial charge in [-0.05, 0) is 24.8 Å². The van der Waals surface area contributed by atoms with Gasteiger partial charge in [0.1, 0.15) is 12.6 Å². The zero-order valence-electron chi connectivity index (χ0n) is 15.2. The average molecular weight is 365 g/mol. The molecule has 0 spiro atoms. The first-order valence-electron chi connectivity index (χ1n) is 9.54. The number of fused-ring (bicyclic) bond motifs is 1. The Morgan fingerprint density at radius 1 is 1.30 bits per heavy atom. The van der Waals surface area contributed by atoms with Crippen LogP contribution in [0.5, 0.6) is 0 Å². The van der Waals surface area contributed by atoms with Crippen LogP contribution in [0.1, 0.15) is 24.8 Å². The molecule has 4 rings (SSSR count). The smallest absolute Gasteiger partial charge is 0.250 e. The fraction of sp³-hybridized carbons (Fsp3) is 0.476. The maximum absolute atomic E-state index is 13.1. The third-order valence-corrected chi connectivity index (χ3v) is 5.81. The van der Waals surface area contributed by atoms with E-state index in [1.165, 1.54) is 5.06 Å². The zero-order chi connectivity index (χ0) is 18.8. The van der Waals surface area contributed by atoms with Gasteiger partial charge in [-0.2, -0.15) is 5.26 Å². The standard InChI is InChI=1S/C21H23N3O3/c22-12-17-9-5-11-23(17)20(25)18-10-4-8-16-13-24(21(26)19(16)18)27-14-15-6-2-1-3-7-15/h1-4,6-8,16-19H,5,9-11,13-14H2/t16-,17+,18+,19-/m1/s1. The summed E-state index contributed by atoms with van der Waals surface area (Å²) in [6.07, 6.45) is 6.14. The van der Waals surface area contributed by atoms with Crippen molar-refractivity contribution in [3.63, 3.8) is 0 Å². The van der Waals surface area contributed by atoms with E-state index in [2.05, 4.69) is 6.07 Å². The fourth-order valence-corrected chi connectivity index (χ4v) is 4.42. The minimum atomic E-state index is -0.397. The van der Waals surface area contributed by atoms with Crippen molar-refractivity contribution in [3.8, 4) is 6.07 Å². The number of hydroxylamine groups is 2. The molecule has 1 aliphatic carbocycles. The number of hydrogen-bond acceptors (Lipinski definition) is 4. The van der Waals surface area contributed by atoms with Gasteiger partial charge in [-0.25, -0.2) is 5.06 Å². The van der Waals surface area contributed by atoms with Crippen LogP contribution in [0.15, 0.2) is 42.5 Å². The third kappa shape index (κ3) is 3.35. The number of carbonyl (C=O) groups excluding carboxylic acids is 2. The summed E-state index contributed by atoms with van der Waals surface area (Å²) in [5, 5.41) is 10.7. The number of allylic oxidation sites excluding steroid dienone is 1. The number of likely N-dealkylation sites (tertiary alicyclic amines) is 1. The van der Waals surface area contributed by atoms with E-state index < -0.39 is 11.8 Å². The third-order valence-electron chi connectivity index (χ3n) is 5.81. The number of benzene rings is 1. The Kier molecular flexibility index (Phi) is 4.95. The van der Waals surface area contributed by atoms with E-state index in [-0.39, 0.29) is 23.8 Å². The van der Waals surface area contributed by atoms with Crippen molar-refractivity contribution in [1.29, 1.82) is 5.26 Å². The van der Waals surface area contributed by atoms with Crippen molar-refractivity contribution >= 4 is 11.8 Å². The molecule has 2 heterocycles. The summed E-state index contributed by atoms with van der Waals surface area (Å²) in [6.45, 7) is 1.41. The normalized spacial score (nSPS) is 29.7. The molecule has 1 aromatic carbocycles. The summed E-state index contributed by atoms with van der Waals surface area (Å²) in [7, 11) is 0. The van der Waals surface area contributed by atoms with Crippen LogP contribution in [0.2, 0.25) is 0 Å². The summed E-state index contributed by atoms with van der Waals surface area (Å²) >= 11 is 0. The molecule has 3 aliphatic rings. The van der Waals surface area contributed by atoms with E-state index in [1.54, 1.807) is 4.90 Å². The molecule has 140 valence electrons. The van der Waals surface area contributed by atoms with Gasteiger partial charge in [-0.3, -0.25) is 14.4 Å². The van der Waals surface area contributed by atoms with Gasteiger partial charge in [0.15, 0.2) is 0 Å². The first-order valence-corrected chi connectivity index (χ1v) is 9.54. The number of carbonyl (C=O) groups is 2. The predicted octanol–water partition coefficient (Wildman–Crippen LogP) is 2.28. The van der Waals surface area contributed by atoms with E-state index >= 15 is 0 Å². The molecule has 4 atom stereocenters. The molecule has 27 heavy (non-hydrogen) atoms. The number of nitrogens with zero attached hydrogens (tertiary/aromatic N) is 3. The molecule has 0 aromatic heterocycles. The zero-order valence-corrected chi connectivity index (χ0v) is 15.2. The quantitative estimate of drug-likeness (QED) is 0.768. The molecule has 6 nitrogen and oxygen atoms in total. The Morgan fingerprint density at radius 2 is 2.11 bits per heavy atom. The van der Waals surface area contributed by atoms with Crippen molar-refractivity contribution < 1.29 is 14.4 Å². The molecule has 2 amide bonds. The Hall–Kier alpha value is -2.65. The summed E-state index contributed by atoms with van der Waals surface area (Å²) < 4.78 is 0. The lowest BCUT2D eigenvalue weighted by atomic mass is 9.76. The monoisotopic (exact) mass is 365 g/mol. The SMILES string of the molecule is N#C[C@@H]1CCCN1C(=O)[C@H]1CC=C[C@@H]2CN(OCc3ccccc3)C(=O)[C@H]21. The van der Waals surface area contributed by atoms with Crippen LogP contribution < -0.4 is 0 Å². The average Bonchev–Trinajstić information content (AvgIpc) is 3.31. The summed E-state index contributed by atoms with van der Waals surface area (Å²) in [4.78, 5) is 33.5. The Morgan fingerprint density at radius 3 is 2.89 bits per heavy atom. The molecule has 0 unspecified atom stereocenters. The minimum Gasteiger partial charge on any atom is -0.326 e. The van der Waals surface area contributed by atoms with Gasteiger partial charge in [0, 0.05) is 12.5 Å². The van der Waals surface area contributed by atoms with Crippen LogP contribution in [-0.4, -0.2) is 40.9 Å². The highest BCUT2D eigenvalue weighted by atomic mass is 16.7. The maximum Gasteiger partial charge on any atom is 0.250 e. The number of rotatable bonds is 4. The second kappa shape index (κ2) is 7.53. The summed E-state index contributed by atoms with van der Waals surface area (Å²) in [5.41, 5.74) is 0.997. The second-order valence-electron chi connectivity index (χ2n) is 7.44. The van der Waals surface area contributed by atoms with E-state index in [9.17, 15) is 14.9 Å². The van der Waals surface area contributed by atoms with Crippen molar-refractivity contribution in [3.05, 3.63) is 48.0 Å². The molecule has 0 N–H and O–H groups in total. The van der Waals surface area contributed by atoms with Gasteiger partial charge in [-0.15, -0.1) is 0 Å².